The van der Waals surface area contributed by atoms with Crippen LogP contribution in [0.1, 0.15) is 44.2 Å². The third kappa shape index (κ3) is 5.15. The molecule has 4 nitrogen and oxygen atoms in total. The normalized spacial score (nSPS) is 18.0. The van der Waals surface area contributed by atoms with Crippen molar-refractivity contribution in [2.24, 2.45) is 0 Å². The van der Waals surface area contributed by atoms with Crippen LogP contribution in [0, 0.1) is 6.92 Å². The van der Waals surface area contributed by atoms with Crippen LogP contribution < -0.4 is 0 Å². The van der Waals surface area contributed by atoms with Gasteiger partial charge in [0.25, 0.3) is 0 Å². The van der Waals surface area contributed by atoms with Crippen LogP contribution in [0.4, 0.5) is 0 Å². The predicted molar refractivity (Wildman–Crippen MR) is 95.0 cm³/mol. The topological polar surface area (TPSA) is 38.8 Å². The van der Waals surface area contributed by atoms with E-state index in [2.05, 4.69) is 36.1 Å². The molecule has 23 heavy (non-hydrogen) atoms. The molecule has 0 amide bonds. The standard InChI is InChI=1S/C18H30NO3P/c1-4-21-23(20,22-5-2)18(19-13-7-6-8-14-19)15-17-11-9-16(3)10-12-17/h9-12,18H,4-8,13-15H2,1-3H3. The highest BCUT2D eigenvalue weighted by Crippen LogP contribution is 2.55. The average Bonchev–Trinajstić information content (AvgIpc) is 2.55. The highest BCUT2D eigenvalue weighted by Gasteiger charge is 2.40. The van der Waals surface area contributed by atoms with Gasteiger partial charge in [-0.1, -0.05) is 36.2 Å². The van der Waals surface area contributed by atoms with E-state index in [1.807, 2.05) is 13.8 Å². The first-order valence-corrected chi connectivity index (χ1v) is 10.4. The summed E-state index contributed by atoms with van der Waals surface area (Å²) in [6, 6.07) is 8.45. The molecule has 1 unspecified atom stereocenters. The highest BCUT2D eigenvalue weighted by molar-refractivity contribution is 7.54. The Labute approximate surface area is 140 Å². The molecule has 1 heterocycles. The SMILES string of the molecule is CCOP(=O)(OCC)C(Cc1ccc(C)cc1)N1CCCCC1. The first kappa shape index (κ1) is 18.7. The summed E-state index contributed by atoms with van der Waals surface area (Å²) in [4.78, 5) is 2.31. The molecule has 1 aliphatic rings. The van der Waals surface area contributed by atoms with Gasteiger partial charge in [0.1, 0.15) is 5.78 Å². The smallest absolute Gasteiger partial charge is 0.308 e. The summed E-state index contributed by atoms with van der Waals surface area (Å²) in [5.41, 5.74) is 2.42. The zero-order valence-corrected chi connectivity index (χ0v) is 15.6. The number of likely N-dealkylation sites (tertiary alicyclic amines) is 1. The molecule has 0 spiro atoms. The zero-order valence-electron chi connectivity index (χ0n) is 14.7. The van der Waals surface area contributed by atoms with Crippen molar-refractivity contribution in [2.75, 3.05) is 26.3 Å². The van der Waals surface area contributed by atoms with Crippen LogP contribution in [0.5, 0.6) is 0 Å². The molecule has 5 heteroatoms. The lowest BCUT2D eigenvalue weighted by molar-refractivity contribution is 0.146. The minimum Gasteiger partial charge on any atom is -0.308 e. The molecule has 1 atom stereocenters. The van der Waals surface area contributed by atoms with E-state index in [0.717, 1.165) is 25.9 Å². The van der Waals surface area contributed by atoms with Gasteiger partial charge in [0, 0.05) is 0 Å². The van der Waals surface area contributed by atoms with Crippen LogP contribution in [0.2, 0.25) is 0 Å². The minimum atomic E-state index is -3.15. The number of benzene rings is 1. The second kappa shape index (κ2) is 8.98. The molecule has 1 aliphatic heterocycles. The van der Waals surface area contributed by atoms with Gasteiger partial charge < -0.3 is 9.05 Å². The van der Waals surface area contributed by atoms with E-state index in [9.17, 15) is 4.57 Å². The van der Waals surface area contributed by atoms with E-state index >= 15 is 0 Å². The minimum absolute atomic E-state index is 0.189. The number of hydrogen-bond donors (Lipinski definition) is 0. The van der Waals surface area contributed by atoms with Gasteiger partial charge in [-0.05, 0) is 58.7 Å². The molecule has 130 valence electrons. The molecule has 1 fully saturated rings. The quantitative estimate of drug-likeness (QED) is 0.648. The molecule has 0 radical (unpaired) electrons. The van der Waals surface area contributed by atoms with Gasteiger partial charge in [-0.3, -0.25) is 9.46 Å². The molecule has 0 saturated carbocycles. The van der Waals surface area contributed by atoms with Crippen molar-refractivity contribution in [1.82, 2.24) is 4.90 Å². The summed E-state index contributed by atoms with van der Waals surface area (Å²) >= 11 is 0. The van der Waals surface area contributed by atoms with Gasteiger partial charge in [0.05, 0.1) is 13.2 Å². The number of rotatable bonds is 8. The van der Waals surface area contributed by atoms with Crippen LogP contribution in [-0.2, 0) is 20.0 Å². The largest absolute Gasteiger partial charge is 0.347 e. The fourth-order valence-corrected chi connectivity index (χ4v) is 5.37. The fraction of sp³-hybridized carbons (Fsp3) is 0.667. The van der Waals surface area contributed by atoms with Crippen LogP contribution in [-0.4, -0.2) is 37.0 Å². The predicted octanol–water partition coefficient (Wildman–Crippen LogP) is 4.62. The van der Waals surface area contributed by atoms with Crippen LogP contribution in [0.25, 0.3) is 0 Å². The van der Waals surface area contributed by atoms with E-state index in [4.69, 9.17) is 9.05 Å². The average molecular weight is 339 g/mol. The second-order valence-electron chi connectivity index (χ2n) is 6.14. The number of nitrogens with zero attached hydrogens (tertiary/aromatic N) is 1. The lowest BCUT2D eigenvalue weighted by atomic mass is 10.1. The van der Waals surface area contributed by atoms with Crippen molar-refractivity contribution < 1.29 is 13.6 Å². The molecule has 0 aromatic heterocycles. The molecule has 1 saturated heterocycles. The van der Waals surface area contributed by atoms with Crippen molar-refractivity contribution in [2.45, 2.75) is 52.2 Å². The van der Waals surface area contributed by atoms with Crippen molar-refractivity contribution >= 4 is 7.60 Å². The van der Waals surface area contributed by atoms with Gasteiger partial charge in [-0.2, -0.15) is 0 Å². The maximum Gasteiger partial charge on any atom is 0.347 e. The maximum atomic E-state index is 13.4. The first-order valence-electron chi connectivity index (χ1n) is 8.77. The molecule has 0 bridgehead atoms. The van der Waals surface area contributed by atoms with Crippen LogP contribution in [0.3, 0.4) is 0 Å². The Bertz CT molecular complexity index is 502. The lowest BCUT2D eigenvalue weighted by Gasteiger charge is -2.37. The molecular weight excluding hydrogens is 309 g/mol. The van der Waals surface area contributed by atoms with Crippen molar-refractivity contribution in [1.29, 1.82) is 0 Å². The van der Waals surface area contributed by atoms with Crippen molar-refractivity contribution in [3.05, 3.63) is 35.4 Å². The van der Waals surface area contributed by atoms with E-state index in [-0.39, 0.29) is 5.78 Å². The Kier molecular flexibility index (Phi) is 7.29. The summed E-state index contributed by atoms with van der Waals surface area (Å²) < 4.78 is 24.7. The molecule has 2 rings (SSSR count). The second-order valence-corrected chi connectivity index (χ2v) is 8.33. The number of piperidine rings is 1. The monoisotopic (exact) mass is 339 g/mol. The molecule has 1 aromatic carbocycles. The van der Waals surface area contributed by atoms with E-state index in [0.29, 0.717) is 19.6 Å². The number of hydrogen-bond acceptors (Lipinski definition) is 4. The van der Waals surface area contributed by atoms with E-state index < -0.39 is 7.60 Å². The summed E-state index contributed by atoms with van der Waals surface area (Å²) in [5, 5.41) is 0. The molecule has 1 aromatic rings. The van der Waals surface area contributed by atoms with Crippen molar-refractivity contribution in [3.63, 3.8) is 0 Å². The Morgan fingerprint density at radius 3 is 2.13 bits per heavy atom. The third-order valence-electron chi connectivity index (χ3n) is 4.33. The third-order valence-corrected chi connectivity index (χ3v) is 6.81. The van der Waals surface area contributed by atoms with Gasteiger partial charge in [0.15, 0.2) is 0 Å². The summed E-state index contributed by atoms with van der Waals surface area (Å²) in [6.07, 6.45) is 4.27. The van der Waals surface area contributed by atoms with Gasteiger partial charge in [-0.15, -0.1) is 0 Å². The van der Waals surface area contributed by atoms with E-state index in [1.165, 1.54) is 17.5 Å². The lowest BCUT2D eigenvalue weighted by Crippen LogP contribution is -2.41. The first-order chi connectivity index (χ1) is 11.1. The fourth-order valence-electron chi connectivity index (χ4n) is 3.16. The summed E-state index contributed by atoms with van der Waals surface area (Å²) in [6.45, 7) is 8.61. The van der Waals surface area contributed by atoms with Crippen LogP contribution in [0.15, 0.2) is 24.3 Å². The maximum absolute atomic E-state index is 13.4. The van der Waals surface area contributed by atoms with Crippen molar-refractivity contribution in [3.8, 4) is 0 Å². The summed E-state index contributed by atoms with van der Waals surface area (Å²) in [7, 11) is -3.15. The Morgan fingerprint density at radius 1 is 1.04 bits per heavy atom. The molecule has 0 aliphatic carbocycles. The zero-order chi connectivity index (χ0) is 16.7. The van der Waals surface area contributed by atoms with Gasteiger partial charge in [0.2, 0.25) is 0 Å². The Hall–Kier alpha value is -0.670. The van der Waals surface area contributed by atoms with E-state index in [1.54, 1.807) is 0 Å². The Balaban J connectivity index is 2.25. The van der Waals surface area contributed by atoms with Gasteiger partial charge >= 0.3 is 7.60 Å². The Morgan fingerprint density at radius 2 is 1.61 bits per heavy atom. The van der Waals surface area contributed by atoms with Crippen LogP contribution >= 0.6 is 7.60 Å². The molecular formula is C18H30NO3P. The molecule has 0 N–H and O–H groups in total. The summed E-state index contributed by atoms with van der Waals surface area (Å²) in [5.74, 6) is -0.189. The van der Waals surface area contributed by atoms with Gasteiger partial charge in [-0.25, -0.2) is 0 Å². The number of aryl methyl sites for hydroxylation is 1. The highest BCUT2D eigenvalue weighted by atomic mass is 31.2.